The molecule has 0 saturated carbocycles. The fourth-order valence-electron chi connectivity index (χ4n) is 3.29. The predicted molar refractivity (Wildman–Crippen MR) is 85.0 cm³/mol. The van der Waals surface area contributed by atoms with Gasteiger partial charge in [0.15, 0.2) is 0 Å². The highest BCUT2D eigenvalue weighted by Gasteiger charge is 2.22. The van der Waals surface area contributed by atoms with Gasteiger partial charge in [0.25, 0.3) is 0 Å². The zero-order valence-corrected chi connectivity index (χ0v) is 13.1. The molecule has 1 atom stereocenters. The lowest BCUT2D eigenvalue weighted by Crippen LogP contribution is -2.31. The molecule has 2 aliphatic rings. The van der Waals surface area contributed by atoms with Crippen molar-refractivity contribution in [2.45, 2.75) is 38.0 Å². The van der Waals surface area contributed by atoms with Gasteiger partial charge in [0.05, 0.1) is 25.6 Å². The molecule has 0 fully saturated rings. The van der Waals surface area contributed by atoms with Crippen LogP contribution in [0.25, 0.3) is 0 Å². The normalized spacial score (nSPS) is 20.4. The van der Waals surface area contributed by atoms with Crippen molar-refractivity contribution in [2.24, 2.45) is 0 Å². The lowest BCUT2D eigenvalue weighted by atomic mass is 9.82. The van der Waals surface area contributed by atoms with Gasteiger partial charge in [-0.1, -0.05) is 6.07 Å². The molecule has 118 valence electrons. The van der Waals surface area contributed by atoms with Crippen molar-refractivity contribution in [3.05, 3.63) is 41.2 Å². The molecule has 1 aliphatic carbocycles. The summed E-state index contributed by atoms with van der Waals surface area (Å²) >= 11 is 0. The maximum Gasteiger partial charge on any atom is 0.250 e. The Hall–Kier alpha value is -1.97. The van der Waals surface area contributed by atoms with Crippen LogP contribution < -0.4 is 10.1 Å². The number of fused-ring (bicyclic) bond motifs is 1. The molecule has 22 heavy (non-hydrogen) atoms. The number of carbonyl (C=O) groups excluding carboxylic acids is 1. The van der Waals surface area contributed by atoms with Crippen LogP contribution in [-0.2, 0) is 16.0 Å². The molecule has 1 N–H and O–H groups in total. The molecule has 0 spiro atoms. The summed E-state index contributed by atoms with van der Waals surface area (Å²) in [5.74, 6) is 1.32. The van der Waals surface area contributed by atoms with Gasteiger partial charge in [0, 0.05) is 12.5 Å². The molecule has 1 aromatic carbocycles. The summed E-state index contributed by atoms with van der Waals surface area (Å²) in [5, 5.41) is 3.07. The molecule has 1 aliphatic heterocycles. The number of aryl methyl sites for hydroxylation is 1. The first-order chi connectivity index (χ1) is 10.8. The number of hydrogen-bond donors (Lipinski definition) is 1. The van der Waals surface area contributed by atoms with E-state index in [0.29, 0.717) is 19.1 Å². The highest BCUT2D eigenvalue weighted by Crippen LogP contribution is 2.33. The van der Waals surface area contributed by atoms with Crippen LogP contribution in [0.3, 0.4) is 0 Å². The van der Waals surface area contributed by atoms with Crippen LogP contribution in [0.15, 0.2) is 30.0 Å². The average Bonchev–Trinajstić information content (AvgIpc) is 2.59. The van der Waals surface area contributed by atoms with Crippen LogP contribution in [0.4, 0.5) is 0 Å². The Labute approximate surface area is 131 Å². The number of methoxy groups -OCH3 is 1. The van der Waals surface area contributed by atoms with Crippen molar-refractivity contribution in [1.82, 2.24) is 5.32 Å². The standard InChI is InChI=1S/C18H23NO3/c1-21-16-7-8-17-13(10-16)4-2-5-14(17)11-19-18(20)15-6-3-9-22-12-15/h7-8,10,12,14H,2-6,9,11H2,1H3,(H,19,20)/t14-/m0/s1. The van der Waals surface area contributed by atoms with E-state index in [1.165, 1.54) is 11.1 Å². The second-order valence-corrected chi connectivity index (χ2v) is 5.98. The van der Waals surface area contributed by atoms with Crippen molar-refractivity contribution < 1.29 is 14.3 Å². The molecule has 1 aromatic rings. The molecule has 1 heterocycles. The molecule has 4 nitrogen and oxygen atoms in total. The summed E-state index contributed by atoms with van der Waals surface area (Å²) in [4.78, 5) is 12.2. The molecule has 0 bridgehead atoms. The van der Waals surface area contributed by atoms with Gasteiger partial charge in [-0.2, -0.15) is 0 Å². The van der Waals surface area contributed by atoms with Crippen LogP contribution in [0, 0.1) is 0 Å². The molecule has 0 radical (unpaired) electrons. The molecule has 1 amide bonds. The van der Waals surface area contributed by atoms with Crippen LogP contribution in [0.2, 0.25) is 0 Å². The monoisotopic (exact) mass is 301 g/mol. The average molecular weight is 301 g/mol. The van der Waals surface area contributed by atoms with E-state index >= 15 is 0 Å². The van der Waals surface area contributed by atoms with E-state index in [4.69, 9.17) is 9.47 Å². The van der Waals surface area contributed by atoms with Gasteiger partial charge >= 0.3 is 0 Å². The molecule has 3 rings (SSSR count). The summed E-state index contributed by atoms with van der Waals surface area (Å²) in [6, 6.07) is 6.28. The third-order valence-corrected chi connectivity index (χ3v) is 4.52. The first-order valence-electron chi connectivity index (χ1n) is 8.03. The summed E-state index contributed by atoms with van der Waals surface area (Å²) in [6.45, 7) is 1.41. The number of ether oxygens (including phenoxy) is 2. The van der Waals surface area contributed by atoms with Crippen LogP contribution in [-0.4, -0.2) is 26.2 Å². The number of nitrogens with one attached hydrogen (secondary N) is 1. The molecule has 4 heteroatoms. The van der Waals surface area contributed by atoms with E-state index in [1.807, 2.05) is 6.07 Å². The number of carbonyl (C=O) groups is 1. The van der Waals surface area contributed by atoms with Gasteiger partial charge in [0.1, 0.15) is 5.75 Å². The van der Waals surface area contributed by atoms with Gasteiger partial charge in [0.2, 0.25) is 5.91 Å². The molecule has 0 saturated heterocycles. The Balaban J connectivity index is 1.64. The van der Waals surface area contributed by atoms with Crippen LogP contribution in [0.5, 0.6) is 5.75 Å². The minimum atomic E-state index is 0.0142. The Morgan fingerprint density at radius 2 is 2.27 bits per heavy atom. The third kappa shape index (κ3) is 3.26. The van der Waals surface area contributed by atoms with E-state index in [9.17, 15) is 4.79 Å². The van der Waals surface area contributed by atoms with Gasteiger partial charge in [-0.3, -0.25) is 4.79 Å². The van der Waals surface area contributed by atoms with E-state index in [-0.39, 0.29) is 5.91 Å². The maximum absolute atomic E-state index is 12.2. The Morgan fingerprint density at radius 1 is 1.36 bits per heavy atom. The van der Waals surface area contributed by atoms with Crippen molar-refractivity contribution in [3.8, 4) is 5.75 Å². The first-order valence-corrected chi connectivity index (χ1v) is 8.03. The minimum absolute atomic E-state index is 0.0142. The van der Waals surface area contributed by atoms with Crippen molar-refractivity contribution in [2.75, 3.05) is 20.3 Å². The smallest absolute Gasteiger partial charge is 0.250 e. The third-order valence-electron chi connectivity index (χ3n) is 4.52. The van der Waals surface area contributed by atoms with E-state index in [1.54, 1.807) is 13.4 Å². The highest BCUT2D eigenvalue weighted by atomic mass is 16.5. The van der Waals surface area contributed by atoms with E-state index < -0.39 is 0 Å². The Bertz CT molecular complexity index is 580. The summed E-state index contributed by atoms with van der Waals surface area (Å²) in [5.41, 5.74) is 3.46. The Morgan fingerprint density at radius 3 is 3.05 bits per heavy atom. The summed E-state index contributed by atoms with van der Waals surface area (Å²) in [7, 11) is 1.70. The summed E-state index contributed by atoms with van der Waals surface area (Å²) < 4.78 is 10.5. The fourth-order valence-corrected chi connectivity index (χ4v) is 3.29. The Kier molecular flexibility index (Phi) is 4.66. The maximum atomic E-state index is 12.2. The fraction of sp³-hybridized carbons (Fsp3) is 0.500. The minimum Gasteiger partial charge on any atom is -0.501 e. The zero-order valence-electron chi connectivity index (χ0n) is 13.1. The zero-order chi connectivity index (χ0) is 15.4. The summed E-state index contributed by atoms with van der Waals surface area (Å²) in [6.07, 6.45) is 6.71. The second-order valence-electron chi connectivity index (χ2n) is 5.98. The molecule has 0 unspecified atom stereocenters. The largest absolute Gasteiger partial charge is 0.501 e. The first kappa shape index (κ1) is 14.9. The lowest BCUT2D eigenvalue weighted by molar-refractivity contribution is -0.118. The molecular weight excluding hydrogens is 278 g/mol. The van der Waals surface area contributed by atoms with Gasteiger partial charge in [-0.25, -0.2) is 0 Å². The lowest BCUT2D eigenvalue weighted by Gasteiger charge is -2.26. The van der Waals surface area contributed by atoms with E-state index in [0.717, 1.165) is 43.4 Å². The van der Waals surface area contributed by atoms with E-state index in [2.05, 4.69) is 17.4 Å². The quantitative estimate of drug-likeness (QED) is 0.930. The van der Waals surface area contributed by atoms with Gasteiger partial charge in [-0.15, -0.1) is 0 Å². The highest BCUT2D eigenvalue weighted by molar-refractivity contribution is 5.93. The number of benzene rings is 1. The number of rotatable bonds is 4. The van der Waals surface area contributed by atoms with Gasteiger partial charge < -0.3 is 14.8 Å². The second kappa shape index (κ2) is 6.86. The van der Waals surface area contributed by atoms with Crippen LogP contribution in [0.1, 0.15) is 42.7 Å². The van der Waals surface area contributed by atoms with Crippen LogP contribution >= 0.6 is 0 Å². The molecular formula is C18H23NO3. The SMILES string of the molecule is COc1ccc2c(c1)CCC[C@H]2CNC(=O)C1=COCCC1. The van der Waals surface area contributed by atoms with Crippen molar-refractivity contribution >= 4 is 5.91 Å². The van der Waals surface area contributed by atoms with Crippen molar-refractivity contribution in [3.63, 3.8) is 0 Å². The number of amides is 1. The van der Waals surface area contributed by atoms with Crippen molar-refractivity contribution in [1.29, 1.82) is 0 Å². The molecule has 0 aromatic heterocycles. The topological polar surface area (TPSA) is 47.6 Å². The van der Waals surface area contributed by atoms with Gasteiger partial charge in [-0.05, 0) is 55.4 Å². The number of hydrogen-bond acceptors (Lipinski definition) is 3. The predicted octanol–water partition coefficient (Wildman–Crippen LogP) is 2.93.